The second-order valence-electron chi connectivity index (χ2n) is 4.17. The van der Waals surface area contributed by atoms with Gasteiger partial charge in [0.15, 0.2) is 0 Å². The second-order valence-corrected chi connectivity index (χ2v) is 4.17. The number of rotatable bonds is 4. The first-order valence-electron chi connectivity index (χ1n) is 5.91. The molecule has 0 unspecified atom stereocenters. The van der Waals surface area contributed by atoms with E-state index in [4.69, 9.17) is 15.6 Å². The van der Waals surface area contributed by atoms with Crippen LogP contribution in [-0.4, -0.2) is 5.11 Å². The second kappa shape index (κ2) is 5.67. The highest BCUT2D eigenvalue weighted by Gasteiger charge is 2.06. The zero-order valence-electron chi connectivity index (χ0n) is 10.4. The highest BCUT2D eigenvalue weighted by molar-refractivity contribution is 5.44. The van der Waals surface area contributed by atoms with Gasteiger partial charge in [-0.2, -0.15) is 0 Å². The third-order valence-corrected chi connectivity index (χ3v) is 2.84. The van der Waals surface area contributed by atoms with Gasteiger partial charge in [-0.15, -0.1) is 0 Å². The quantitative estimate of drug-likeness (QED) is 0.868. The van der Waals surface area contributed by atoms with E-state index < -0.39 is 0 Å². The predicted octanol–water partition coefficient (Wildman–Crippen LogP) is 2.74. The van der Waals surface area contributed by atoms with Crippen LogP contribution in [0.5, 0.6) is 11.5 Å². The van der Waals surface area contributed by atoms with Gasteiger partial charge in [-0.05, 0) is 30.2 Å². The lowest BCUT2D eigenvalue weighted by molar-refractivity contribution is 0.281. The normalized spacial score (nSPS) is 10.4. The van der Waals surface area contributed by atoms with Crippen molar-refractivity contribution in [2.75, 3.05) is 0 Å². The standard InChI is InChI=1S/C15H17NO2/c1-11-3-2-4-13(9-16)15(11)18-14-7-5-12(10-17)6-8-14/h2-8,17H,9-10,16H2,1H3. The average molecular weight is 243 g/mol. The first-order valence-corrected chi connectivity index (χ1v) is 5.91. The summed E-state index contributed by atoms with van der Waals surface area (Å²) in [6.07, 6.45) is 0. The molecule has 0 aromatic heterocycles. The largest absolute Gasteiger partial charge is 0.457 e. The van der Waals surface area contributed by atoms with Gasteiger partial charge in [-0.25, -0.2) is 0 Å². The fraction of sp³-hybridized carbons (Fsp3) is 0.200. The Morgan fingerprint density at radius 1 is 1.11 bits per heavy atom. The van der Waals surface area contributed by atoms with Crippen LogP contribution >= 0.6 is 0 Å². The Morgan fingerprint density at radius 3 is 2.44 bits per heavy atom. The van der Waals surface area contributed by atoms with Gasteiger partial charge in [0, 0.05) is 12.1 Å². The molecule has 0 spiro atoms. The molecule has 2 rings (SSSR count). The number of benzene rings is 2. The predicted molar refractivity (Wildman–Crippen MR) is 71.5 cm³/mol. The van der Waals surface area contributed by atoms with Crippen LogP contribution in [0.4, 0.5) is 0 Å². The molecule has 0 fully saturated rings. The van der Waals surface area contributed by atoms with Crippen molar-refractivity contribution in [2.45, 2.75) is 20.1 Å². The number of hydrogen-bond donors (Lipinski definition) is 2. The molecule has 0 saturated carbocycles. The molecule has 0 heterocycles. The van der Waals surface area contributed by atoms with Gasteiger partial charge in [0.05, 0.1) is 6.61 Å². The number of aliphatic hydroxyl groups is 1. The molecular weight excluding hydrogens is 226 g/mol. The summed E-state index contributed by atoms with van der Waals surface area (Å²) in [7, 11) is 0. The lowest BCUT2D eigenvalue weighted by Gasteiger charge is -2.13. The van der Waals surface area contributed by atoms with Gasteiger partial charge in [0.1, 0.15) is 11.5 Å². The Kier molecular flexibility index (Phi) is 3.97. The summed E-state index contributed by atoms with van der Waals surface area (Å²) in [5, 5.41) is 8.99. The third-order valence-electron chi connectivity index (χ3n) is 2.84. The van der Waals surface area contributed by atoms with E-state index in [0.29, 0.717) is 6.54 Å². The maximum Gasteiger partial charge on any atom is 0.134 e. The number of aliphatic hydroxyl groups excluding tert-OH is 1. The first-order chi connectivity index (χ1) is 8.74. The van der Waals surface area contributed by atoms with Crippen LogP contribution in [0.2, 0.25) is 0 Å². The van der Waals surface area contributed by atoms with E-state index in [1.807, 2.05) is 49.4 Å². The summed E-state index contributed by atoms with van der Waals surface area (Å²) >= 11 is 0. The van der Waals surface area contributed by atoms with Gasteiger partial charge in [0.2, 0.25) is 0 Å². The van der Waals surface area contributed by atoms with Crippen LogP contribution < -0.4 is 10.5 Å². The number of ether oxygens (including phenoxy) is 1. The van der Waals surface area contributed by atoms with Gasteiger partial charge in [-0.1, -0.05) is 30.3 Å². The van der Waals surface area contributed by atoms with Crippen LogP contribution in [0.3, 0.4) is 0 Å². The maximum atomic E-state index is 8.99. The Morgan fingerprint density at radius 2 is 1.83 bits per heavy atom. The van der Waals surface area contributed by atoms with Crippen molar-refractivity contribution in [1.82, 2.24) is 0 Å². The topological polar surface area (TPSA) is 55.5 Å². The van der Waals surface area contributed by atoms with E-state index in [-0.39, 0.29) is 6.61 Å². The molecule has 94 valence electrons. The SMILES string of the molecule is Cc1cccc(CN)c1Oc1ccc(CO)cc1. The van der Waals surface area contributed by atoms with E-state index >= 15 is 0 Å². The average Bonchev–Trinajstić information content (AvgIpc) is 2.42. The fourth-order valence-corrected chi connectivity index (χ4v) is 1.80. The minimum atomic E-state index is 0.0404. The number of aryl methyl sites for hydroxylation is 1. The lowest BCUT2D eigenvalue weighted by Crippen LogP contribution is -2.00. The molecule has 3 nitrogen and oxygen atoms in total. The van der Waals surface area contributed by atoms with E-state index in [1.54, 1.807) is 0 Å². The zero-order valence-corrected chi connectivity index (χ0v) is 10.4. The van der Waals surface area contributed by atoms with Gasteiger partial charge >= 0.3 is 0 Å². The van der Waals surface area contributed by atoms with Crippen LogP contribution in [0.15, 0.2) is 42.5 Å². The monoisotopic (exact) mass is 243 g/mol. The van der Waals surface area contributed by atoms with Crippen molar-refractivity contribution in [2.24, 2.45) is 5.73 Å². The van der Waals surface area contributed by atoms with Crippen molar-refractivity contribution in [1.29, 1.82) is 0 Å². The lowest BCUT2D eigenvalue weighted by atomic mass is 10.1. The molecule has 0 aliphatic carbocycles. The van der Waals surface area contributed by atoms with E-state index in [9.17, 15) is 0 Å². The summed E-state index contributed by atoms with van der Waals surface area (Å²) in [4.78, 5) is 0. The summed E-state index contributed by atoms with van der Waals surface area (Å²) in [5.41, 5.74) is 8.62. The molecule has 0 aliphatic heterocycles. The highest BCUT2D eigenvalue weighted by Crippen LogP contribution is 2.28. The molecule has 2 aromatic carbocycles. The van der Waals surface area contributed by atoms with Crippen molar-refractivity contribution < 1.29 is 9.84 Å². The molecule has 3 N–H and O–H groups in total. The van der Waals surface area contributed by atoms with Crippen LogP contribution in [0, 0.1) is 6.92 Å². The van der Waals surface area contributed by atoms with Gasteiger partial charge in [0.25, 0.3) is 0 Å². The zero-order chi connectivity index (χ0) is 13.0. The summed E-state index contributed by atoms with van der Waals surface area (Å²) < 4.78 is 5.87. The number of hydrogen-bond acceptors (Lipinski definition) is 3. The minimum absolute atomic E-state index is 0.0404. The molecule has 0 atom stereocenters. The Bertz CT molecular complexity index is 521. The Hall–Kier alpha value is -1.84. The van der Waals surface area contributed by atoms with Crippen molar-refractivity contribution >= 4 is 0 Å². The minimum Gasteiger partial charge on any atom is -0.457 e. The summed E-state index contributed by atoms with van der Waals surface area (Å²) in [5.74, 6) is 1.56. The molecule has 0 radical (unpaired) electrons. The van der Waals surface area contributed by atoms with Crippen molar-refractivity contribution in [3.63, 3.8) is 0 Å². The number of nitrogens with two attached hydrogens (primary N) is 1. The van der Waals surface area contributed by atoms with Crippen LogP contribution in [0.1, 0.15) is 16.7 Å². The van der Waals surface area contributed by atoms with E-state index in [2.05, 4.69) is 0 Å². The Balaban J connectivity index is 2.27. The molecule has 0 aliphatic rings. The van der Waals surface area contributed by atoms with E-state index in [1.165, 1.54) is 0 Å². The highest BCUT2D eigenvalue weighted by atomic mass is 16.5. The van der Waals surface area contributed by atoms with Gasteiger partial charge < -0.3 is 15.6 Å². The molecule has 0 bridgehead atoms. The third kappa shape index (κ3) is 2.70. The molecule has 3 heteroatoms. The molecule has 18 heavy (non-hydrogen) atoms. The van der Waals surface area contributed by atoms with Crippen LogP contribution in [0.25, 0.3) is 0 Å². The van der Waals surface area contributed by atoms with Crippen LogP contribution in [-0.2, 0) is 13.2 Å². The maximum absolute atomic E-state index is 8.99. The Labute approximate surface area is 107 Å². The molecule has 2 aromatic rings. The molecular formula is C15H17NO2. The summed E-state index contributed by atoms with van der Waals surface area (Å²) in [6.45, 7) is 2.49. The van der Waals surface area contributed by atoms with Crippen molar-refractivity contribution in [3.8, 4) is 11.5 Å². The fourth-order valence-electron chi connectivity index (χ4n) is 1.80. The van der Waals surface area contributed by atoms with E-state index in [0.717, 1.165) is 28.2 Å². The molecule has 0 saturated heterocycles. The van der Waals surface area contributed by atoms with Gasteiger partial charge in [-0.3, -0.25) is 0 Å². The number of para-hydroxylation sites is 1. The molecule has 0 amide bonds. The summed E-state index contributed by atoms with van der Waals surface area (Å²) in [6, 6.07) is 13.3. The van der Waals surface area contributed by atoms with Crippen molar-refractivity contribution in [3.05, 3.63) is 59.2 Å². The smallest absolute Gasteiger partial charge is 0.134 e. The first kappa shape index (κ1) is 12.6.